The zero-order valence-electron chi connectivity index (χ0n) is 15.6. The first-order valence-electron chi connectivity index (χ1n) is 8.97. The van der Waals surface area contributed by atoms with Gasteiger partial charge in [0.2, 0.25) is 0 Å². The van der Waals surface area contributed by atoms with Crippen LogP contribution in [-0.4, -0.2) is 42.9 Å². The van der Waals surface area contributed by atoms with Crippen molar-refractivity contribution in [2.75, 3.05) is 19.8 Å². The second-order valence-electron chi connectivity index (χ2n) is 5.88. The third-order valence-corrected chi connectivity index (χ3v) is 5.67. The minimum absolute atomic E-state index is 0.114. The second-order valence-corrected chi connectivity index (χ2v) is 7.50. The summed E-state index contributed by atoms with van der Waals surface area (Å²) in [5, 5.41) is 9.51. The lowest BCUT2D eigenvalue weighted by atomic mass is 10.1. The number of hydrogen-bond donors (Lipinski definition) is 0. The SMILES string of the molecule is CCOP(=O)(OCC)OC(C#N)[C@@H]1CCCN1C(=O)OCc1ccccc1. The molecule has 1 aromatic rings. The molecule has 0 radical (unpaired) electrons. The standard InChI is InChI=1S/C18H25N2O6P/c1-3-24-27(22,25-4-2)26-17(13-19)16-11-8-12-20(16)18(21)23-14-15-9-6-5-7-10-15/h5-7,9-10,16-17H,3-4,8,11-12,14H2,1-2H3/t16-,17?/m0/s1. The molecule has 2 rings (SSSR count). The summed E-state index contributed by atoms with van der Waals surface area (Å²) in [5.41, 5.74) is 0.867. The first-order valence-corrected chi connectivity index (χ1v) is 10.4. The molecule has 0 N–H and O–H groups in total. The van der Waals surface area contributed by atoms with Crippen molar-refractivity contribution in [2.24, 2.45) is 0 Å². The number of nitrogens with zero attached hydrogens (tertiary/aromatic N) is 2. The van der Waals surface area contributed by atoms with E-state index in [0.29, 0.717) is 19.4 Å². The average Bonchev–Trinajstić information content (AvgIpc) is 3.15. The van der Waals surface area contributed by atoms with Crippen molar-refractivity contribution in [2.45, 2.75) is 45.4 Å². The number of amides is 1. The molecule has 2 atom stereocenters. The Balaban J connectivity index is 2.02. The van der Waals surface area contributed by atoms with Crippen molar-refractivity contribution in [3.63, 3.8) is 0 Å². The van der Waals surface area contributed by atoms with Crippen molar-refractivity contribution in [3.05, 3.63) is 35.9 Å². The normalized spacial score (nSPS) is 18.1. The number of carbonyl (C=O) groups excluding carboxylic acids is 1. The Morgan fingerprint density at radius 2 is 1.96 bits per heavy atom. The topological polar surface area (TPSA) is 98.1 Å². The minimum atomic E-state index is -3.87. The van der Waals surface area contributed by atoms with Gasteiger partial charge in [-0.2, -0.15) is 5.26 Å². The molecule has 0 bridgehead atoms. The molecule has 9 heteroatoms. The van der Waals surface area contributed by atoms with Gasteiger partial charge < -0.3 is 9.64 Å². The summed E-state index contributed by atoms with van der Waals surface area (Å²) in [6.45, 7) is 4.11. The molecule has 1 fully saturated rings. The average molecular weight is 396 g/mol. The molecule has 0 aromatic heterocycles. The van der Waals surface area contributed by atoms with E-state index in [2.05, 4.69) is 0 Å². The largest absolute Gasteiger partial charge is 0.476 e. The summed E-state index contributed by atoms with van der Waals surface area (Å²) in [4.78, 5) is 13.9. The van der Waals surface area contributed by atoms with Crippen molar-refractivity contribution < 1.29 is 27.7 Å². The summed E-state index contributed by atoms with van der Waals surface area (Å²) < 4.78 is 33.5. The van der Waals surface area contributed by atoms with Crippen LogP contribution in [0.5, 0.6) is 0 Å². The Bertz CT molecular complexity index is 683. The fourth-order valence-corrected chi connectivity index (χ4v) is 4.16. The smallest absolute Gasteiger partial charge is 0.445 e. The fraction of sp³-hybridized carbons (Fsp3) is 0.556. The zero-order chi connectivity index (χ0) is 19.7. The van der Waals surface area contributed by atoms with E-state index in [1.807, 2.05) is 36.4 Å². The van der Waals surface area contributed by atoms with Crippen LogP contribution in [0.3, 0.4) is 0 Å². The van der Waals surface area contributed by atoms with E-state index in [9.17, 15) is 14.6 Å². The molecule has 1 saturated heterocycles. The number of likely N-dealkylation sites (tertiary alicyclic amines) is 1. The molecule has 0 aliphatic carbocycles. The van der Waals surface area contributed by atoms with Crippen LogP contribution in [0.2, 0.25) is 0 Å². The molecule has 27 heavy (non-hydrogen) atoms. The maximum atomic E-state index is 12.6. The Morgan fingerprint density at radius 3 is 2.56 bits per heavy atom. The van der Waals surface area contributed by atoms with Crippen LogP contribution in [0.1, 0.15) is 32.3 Å². The number of phosphoric ester groups is 1. The predicted octanol–water partition coefficient (Wildman–Crippen LogP) is 3.88. The Hall–Kier alpha value is -1.91. The van der Waals surface area contributed by atoms with E-state index in [1.54, 1.807) is 13.8 Å². The van der Waals surface area contributed by atoms with E-state index >= 15 is 0 Å². The molecule has 0 saturated carbocycles. The number of rotatable bonds is 9. The van der Waals surface area contributed by atoms with Gasteiger partial charge in [-0.05, 0) is 32.3 Å². The maximum absolute atomic E-state index is 12.6. The van der Waals surface area contributed by atoms with Crippen molar-refractivity contribution >= 4 is 13.9 Å². The number of carbonyl (C=O) groups is 1. The number of ether oxygens (including phenoxy) is 1. The van der Waals surface area contributed by atoms with Crippen molar-refractivity contribution in [1.29, 1.82) is 5.26 Å². The lowest BCUT2D eigenvalue weighted by Crippen LogP contribution is -2.43. The molecule has 1 aliphatic rings. The van der Waals surface area contributed by atoms with Crippen LogP contribution in [0.15, 0.2) is 30.3 Å². The van der Waals surface area contributed by atoms with Gasteiger partial charge in [-0.3, -0.25) is 13.6 Å². The highest BCUT2D eigenvalue weighted by Crippen LogP contribution is 2.51. The first-order chi connectivity index (χ1) is 13.0. The van der Waals surface area contributed by atoms with Gasteiger partial charge in [-0.1, -0.05) is 30.3 Å². The van der Waals surface area contributed by atoms with Gasteiger partial charge in [0.15, 0.2) is 6.10 Å². The lowest BCUT2D eigenvalue weighted by Gasteiger charge is -2.29. The van der Waals surface area contributed by atoms with E-state index in [1.165, 1.54) is 4.90 Å². The molecule has 1 amide bonds. The van der Waals surface area contributed by atoms with E-state index in [4.69, 9.17) is 18.3 Å². The third-order valence-electron chi connectivity index (χ3n) is 4.03. The summed E-state index contributed by atoms with van der Waals surface area (Å²) in [6, 6.07) is 10.7. The molecule has 148 valence electrons. The van der Waals surface area contributed by atoms with Gasteiger partial charge in [0.25, 0.3) is 0 Å². The van der Waals surface area contributed by atoms with E-state index < -0.39 is 26.1 Å². The van der Waals surface area contributed by atoms with Crippen molar-refractivity contribution in [1.82, 2.24) is 4.90 Å². The van der Waals surface area contributed by atoms with Gasteiger partial charge in [-0.15, -0.1) is 0 Å². The molecular formula is C18H25N2O6P. The minimum Gasteiger partial charge on any atom is -0.445 e. The zero-order valence-corrected chi connectivity index (χ0v) is 16.5. The molecule has 1 aliphatic heterocycles. The summed E-state index contributed by atoms with van der Waals surface area (Å²) >= 11 is 0. The first kappa shape index (κ1) is 21.4. The monoisotopic (exact) mass is 396 g/mol. The van der Waals surface area contributed by atoms with Crippen LogP contribution in [0, 0.1) is 11.3 Å². The Morgan fingerprint density at radius 1 is 1.30 bits per heavy atom. The molecule has 1 aromatic carbocycles. The van der Waals surface area contributed by atoms with E-state index in [-0.39, 0.29) is 19.8 Å². The molecule has 0 spiro atoms. The quantitative estimate of drug-likeness (QED) is 0.584. The Labute approximate surface area is 159 Å². The van der Waals surface area contributed by atoms with Crippen LogP contribution in [0.4, 0.5) is 4.79 Å². The van der Waals surface area contributed by atoms with Gasteiger partial charge in [-0.25, -0.2) is 9.36 Å². The van der Waals surface area contributed by atoms with Crippen molar-refractivity contribution in [3.8, 4) is 6.07 Å². The molecule has 1 unspecified atom stereocenters. The third kappa shape index (κ3) is 6.05. The van der Waals surface area contributed by atoms with Crippen LogP contribution < -0.4 is 0 Å². The summed E-state index contributed by atoms with van der Waals surface area (Å²) in [7, 11) is -3.87. The van der Waals surface area contributed by atoms with Gasteiger partial charge in [0, 0.05) is 6.54 Å². The summed E-state index contributed by atoms with van der Waals surface area (Å²) in [6.07, 6.45) is -0.439. The number of benzene rings is 1. The van der Waals surface area contributed by atoms with Crippen LogP contribution >= 0.6 is 7.82 Å². The highest BCUT2D eigenvalue weighted by atomic mass is 31.2. The van der Waals surface area contributed by atoms with Gasteiger partial charge in [0.05, 0.1) is 25.3 Å². The van der Waals surface area contributed by atoms with Gasteiger partial charge >= 0.3 is 13.9 Å². The van der Waals surface area contributed by atoms with Crippen LogP contribution in [-0.2, 0) is 29.5 Å². The highest BCUT2D eigenvalue weighted by Gasteiger charge is 2.41. The molecule has 1 heterocycles. The molecular weight excluding hydrogens is 371 g/mol. The number of hydrogen-bond acceptors (Lipinski definition) is 7. The second kappa shape index (κ2) is 10.4. The predicted molar refractivity (Wildman–Crippen MR) is 97.7 cm³/mol. The fourth-order valence-electron chi connectivity index (χ4n) is 2.87. The maximum Gasteiger partial charge on any atom is 0.476 e. The number of nitriles is 1. The highest BCUT2D eigenvalue weighted by molar-refractivity contribution is 7.48. The molecule has 8 nitrogen and oxygen atoms in total. The number of phosphoric acid groups is 1. The Kier molecular flexibility index (Phi) is 8.26. The lowest BCUT2D eigenvalue weighted by molar-refractivity contribution is 0.0491. The van der Waals surface area contributed by atoms with Gasteiger partial charge in [0.1, 0.15) is 6.61 Å². The van der Waals surface area contributed by atoms with E-state index in [0.717, 1.165) is 5.56 Å². The van der Waals surface area contributed by atoms with Crippen LogP contribution in [0.25, 0.3) is 0 Å². The summed E-state index contributed by atoms with van der Waals surface area (Å²) in [5.74, 6) is 0.